The molecular weight excluding hydrogens is 302 g/mol. The molecule has 2 fully saturated rings. The van der Waals surface area contributed by atoms with E-state index in [1.54, 1.807) is 0 Å². The van der Waals surface area contributed by atoms with Crippen molar-refractivity contribution in [2.45, 2.75) is 51.2 Å². The van der Waals surface area contributed by atoms with Crippen LogP contribution in [-0.4, -0.2) is 47.7 Å². The Labute approximate surface area is 159 Å². The number of amides is 1. The van der Waals surface area contributed by atoms with Crippen molar-refractivity contribution in [3.8, 4) is 0 Å². The predicted molar refractivity (Wildman–Crippen MR) is 66.8 cm³/mol. The number of nitrogens with zero attached hydrogens (tertiary/aromatic N) is 2. The van der Waals surface area contributed by atoms with E-state index in [-0.39, 0.29) is 76.2 Å². The summed E-state index contributed by atoms with van der Waals surface area (Å²) >= 11 is 0. The maximum absolute atomic E-state index is 12.1. The molecule has 0 spiro atoms. The normalized spacial score (nSPS) is 32.1. The zero-order valence-electron chi connectivity index (χ0n) is 11.6. The Bertz CT molecular complexity index is 276. The summed E-state index contributed by atoms with van der Waals surface area (Å²) in [5.74, 6) is 0.593. The van der Waals surface area contributed by atoms with Crippen molar-refractivity contribution >= 4 is 5.91 Å². The van der Waals surface area contributed by atoms with Gasteiger partial charge in [0.1, 0.15) is 0 Å². The van der Waals surface area contributed by atoms with Gasteiger partial charge >= 0.3 is 58.2 Å². The van der Waals surface area contributed by atoms with Crippen molar-refractivity contribution in [1.82, 2.24) is 4.90 Å². The van der Waals surface area contributed by atoms with Crippen molar-refractivity contribution in [3.63, 3.8) is 0 Å². The third-order valence-corrected chi connectivity index (χ3v) is 4.09. The van der Waals surface area contributed by atoms with Gasteiger partial charge in [-0.2, -0.15) is 0 Å². The van der Waals surface area contributed by atoms with E-state index in [4.69, 9.17) is 0 Å². The fourth-order valence-electron chi connectivity index (χ4n) is 2.95. The van der Waals surface area contributed by atoms with E-state index >= 15 is 0 Å². The van der Waals surface area contributed by atoms with E-state index in [1.807, 2.05) is 4.90 Å². The molecule has 0 bridgehead atoms. The molecule has 3 atom stereocenters. The average Bonchev–Trinajstić information content (AvgIpc) is 2.72. The van der Waals surface area contributed by atoms with Crippen LogP contribution in [0.4, 0.5) is 0 Å². The zero-order chi connectivity index (χ0) is 12.3. The van der Waals surface area contributed by atoms with Gasteiger partial charge < -0.3 is 15.3 Å². The van der Waals surface area contributed by atoms with Crippen molar-refractivity contribution in [2.24, 2.45) is 5.92 Å². The number of rotatable bonds is 3. The number of aliphatic hydroxyl groups excluding tert-OH is 1. The van der Waals surface area contributed by atoms with Crippen LogP contribution in [0, 0.1) is 5.92 Å². The van der Waals surface area contributed by atoms with Gasteiger partial charge in [0.05, 0.1) is 6.10 Å². The van der Waals surface area contributed by atoms with Gasteiger partial charge in [0.25, 0.3) is 0 Å². The van der Waals surface area contributed by atoms with E-state index in [9.17, 15) is 9.90 Å². The minimum Gasteiger partial charge on any atom is -0.659 e. The van der Waals surface area contributed by atoms with Crippen molar-refractivity contribution in [2.75, 3.05) is 19.6 Å². The van der Waals surface area contributed by atoms with Crippen LogP contribution in [0.5, 0.6) is 0 Å². The molecule has 0 aromatic heterocycles. The molecule has 2 rings (SSSR count). The molecule has 1 saturated heterocycles. The molecule has 1 N–H and O–H groups in total. The SMILES string of the molecule is C[C@@H]1C[N-]CCN1C(=O)CCC1CCCC1O.[Rb+]. The van der Waals surface area contributed by atoms with Gasteiger partial charge in [-0.15, -0.1) is 13.1 Å². The number of hydrogen-bond acceptors (Lipinski definition) is 2. The molecule has 1 aliphatic heterocycles. The van der Waals surface area contributed by atoms with Crippen LogP contribution in [0.25, 0.3) is 5.32 Å². The van der Waals surface area contributed by atoms with E-state index < -0.39 is 0 Å². The first-order valence-electron chi connectivity index (χ1n) is 6.79. The second-order valence-electron chi connectivity index (χ2n) is 5.36. The molecular formula is C13H23N2O2Rb. The standard InChI is InChI=1S/C13H23N2O2.Rb/c1-10-9-14-7-8-15(10)13(17)6-5-11-3-2-4-12(11)16;/h10-12,16H,2-9H2,1H3;/q-1;+1/t10-,11?,12?;/m1./s1. The molecule has 1 aliphatic carbocycles. The Morgan fingerprint density at radius 3 is 2.83 bits per heavy atom. The minimum absolute atomic E-state index is 0. The first-order chi connectivity index (χ1) is 8.18. The van der Waals surface area contributed by atoms with E-state index in [1.165, 1.54) is 0 Å². The topological polar surface area (TPSA) is 54.6 Å². The smallest absolute Gasteiger partial charge is 0.659 e. The van der Waals surface area contributed by atoms with Gasteiger partial charge in [0.2, 0.25) is 5.91 Å². The van der Waals surface area contributed by atoms with E-state index in [0.29, 0.717) is 12.3 Å². The maximum Gasteiger partial charge on any atom is 1.00 e. The summed E-state index contributed by atoms with van der Waals surface area (Å²) in [5.41, 5.74) is 0. The second kappa shape index (κ2) is 8.47. The Morgan fingerprint density at radius 1 is 1.44 bits per heavy atom. The predicted octanol–water partition coefficient (Wildman–Crippen LogP) is -1.46. The molecule has 1 heterocycles. The van der Waals surface area contributed by atoms with Crippen LogP contribution in [0.1, 0.15) is 39.0 Å². The summed E-state index contributed by atoms with van der Waals surface area (Å²) in [4.78, 5) is 14.0. The quantitative estimate of drug-likeness (QED) is 0.689. The van der Waals surface area contributed by atoms with Crippen molar-refractivity contribution < 1.29 is 68.1 Å². The van der Waals surface area contributed by atoms with Crippen LogP contribution in [0.15, 0.2) is 0 Å². The molecule has 0 aromatic carbocycles. The Morgan fingerprint density at radius 2 is 2.22 bits per heavy atom. The molecule has 98 valence electrons. The molecule has 5 heteroatoms. The summed E-state index contributed by atoms with van der Waals surface area (Å²) < 4.78 is 0. The Hall–Kier alpha value is 1.20. The summed E-state index contributed by atoms with van der Waals surface area (Å²) in [6.07, 6.45) is 4.37. The summed E-state index contributed by atoms with van der Waals surface area (Å²) in [6.45, 7) is 4.39. The molecule has 18 heavy (non-hydrogen) atoms. The largest absolute Gasteiger partial charge is 1.00 e. The van der Waals surface area contributed by atoms with Crippen LogP contribution in [-0.2, 0) is 4.79 Å². The third-order valence-electron chi connectivity index (χ3n) is 4.09. The van der Waals surface area contributed by atoms with Crippen LogP contribution >= 0.6 is 0 Å². The second-order valence-corrected chi connectivity index (χ2v) is 5.36. The molecule has 4 nitrogen and oxygen atoms in total. The van der Waals surface area contributed by atoms with Crippen LogP contribution in [0.3, 0.4) is 0 Å². The molecule has 1 amide bonds. The fourth-order valence-corrected chi connectivity index (χ4v) is 2.95. The maximum atomic E-state index is 12.1. The number of aliphatic hydroxyl groups is 1. The number of hydrogen-bond donors (Lipinski definition) is 1. The minimum atomic E-state index is -0.170. The molecule has 2 unspecified atom stereocenters. The molecule has 1 saturated carbocycles. The number of piperazine rings is 1. The Kier molecular flexibility index (Phi) is 8.12. The van der Waals surface area contributed by atoms with Crippen molar-refractivity contribution in [1.29, 1.82) is 0 Å². The molecule has 2 aliphatic rings. The van der Waals surface area contributed by atoms with Crippen LogP contribution < -0.4 is 58.2 Å². The molecule has 0 aromatic rings. The fraction of sp³-hybridized carbons (Fsp3) is 0.923. The monoisotopic (exact) mass is 324 g/mol. The first-order valence-corrected chi connectivity index (χ1v) is 6.79. The summed E-state index contributed by atoms with van der Waals surface area (Å²) in [6, 6.07) is 0.254. The van der Waals surface area contributed by atoms with E-state index in [2.05, 4.69) is 12.2 Å². The first kappa shape index (κ1) is 17.2. The van der Waals surface area contributed by atoms with Gasteiger partial charge in [-0.05, 0) is 32.1 Å². The summed E-state index contributed by atoms with van der Waals surface area (Å²) in [7, 11) is 0. The molecule has 0 radical (unpaired) electrons. The van der Waals surface area contributed by atoms with Crippen molar-refractivity contribution in [3.05, 3.63) is 5.32 Å². The van der Waals surface area contributed by atoms with Crippen LogP contribution in [0.2, 0.25) is 0 Å². The average molecular weight is 325 g/mol. The zero-order valence-corrected chi connectivity index (χ0v) is 16.6. The summed E-state index contributed by atoms with van der Waals surface area (Å²) in [5, 5.41) is 14.0. The number of carbonyl (C=O) groups excluding carboxylic acids is 1. The van der Waals surface area contributed by atoms with Gasteiger partial charge in [-0.25, -0.2) is 0 Å². The Balaban J connectivity index is 0.00000162. The van der Waals surface area contributed by atoms with Gasteiger partial charge in [0, 0.05) is 19.0 Å². The third kappa shape index (κ3) is 4.63. The van der Waals surface area contributed by atoms with Gasteiger partial charge in [-0.3, -0.25) is 4.79 Å². The van der Waals surface area contributed by atoms with E-state index in [0.717, 1.165) is 45.3 Å². The van der Waals surface area contributed by atoms with Gasteiger partial charge in [-0.1, -0.05) is 6.42 Å². The number of carbonyl (C=O) groups is 1. The van der Waals surface area contributed by atoms with Gasteiger partial charge in [0.15, 0.2) is 0 Å².